The molecule has 0 aromatic rings. The van der Waals surface area contributed by atoms with Gasteiger partial charge in [0.25, 0.3) is 0 Å². The Bertz CT molecular complexity index is 149. The number of allylic oxidation sites excluding steroid dienone is 2. The highest BCUT2D eigenvalue weighted by molar-refractivity contribution is 4.86. The van der Waals surface area contributed by atoms with Crippen molar-refractivity contribution < 1.29 is 0 Å². The zero-order chi connectivity index (χ0) is 9.52. The number of hydrogen-bond donors (Lipinski definition) is 1. The second-order valence-corrected chi connectivity index (χ2v) is 4.48. The molecule has 0 spiro atoms. The fourth-order valence-electron chi connectivity index (χ4n) is 1.77. The molecule has 0 bridgehead atoms. The number of hydrogen-bond acceptors (Lipinski definition) is 1. The van der Waals surface area contributed by atoms with E-state index in [-0.39, 0.29) is 0 Å². The van der Waals surface area contributed by atoms with Crippen LogP contribution in [0.3, 0.4) is 0 Å². The molecule has 0 heterocycles. The molecule has 0 amide bonds. The smallest absolute Gasteiger partial charge is 0.00702 e. The Morgan fingerprint density at radius 1 is 1.23 bits per heavy atom. The molecule has 0 radical (unpaired) electrons. The third-order valence-corrected chi connectivity index (χ3v) is 2.59. The second-order valence-electron chi connectivity index (χ2n) is 4.48. The molecule has 1 N–H and O–H groups in total. The van der Waals surface area contributed by atoms with Gasteiger partial charge in [-0.2, -0.15) is 0 Å². The van der Waals surface area contributed by atoms with Gasteiger partial charge in [0.05, 0.1) is 0 Å². The summed E-state index contributed by atoms with van der Waals surface area (Å²) in [5.74, 6) is 0.779. The molecule has 76 valence electrons. The lowest BCUT2D eigenvalue weighted by Crippen LogP contribution is -2.32. The highest BCUT2D eigenvalue weighted by Crippen LogP contribution is 2.12. The molecule has 1 nitrogen and oxygen atoms in total. The first-order chi connectivity index (χ1) is 6.29. The van der Waals surface area contributed by atoms with Crippen LogP contribution in [0.4, 0.5) is 0 Å². The van der Waals surface area contributed by atoms with E-state index in [2.05, 4.69) is 31.3 Å². The van der Waals surface area contributed by atoms with E-state index >= 15 is 0 Å². The van der Waals surface area contributed by atoms with Gasteiger partial charge in [-0.1, -0.05) is 26.0 Å². The van der Waals surface area contributed by atoms with Crippen LogP contribution < -0.4 is 5.32 Å². The molecule has 0 saturated carbocycles. The second kappa shape index (κ2) is 6.20. The molecule has 1 aliphatic carbocycles. The lowest BCUT2D eigenvalue weighted by atomic mass is 10.0. The number of nitrogens with one attached hydrogen (secondary N) is 1. The van der Waals surface area contributed by atoms with Crippen LogP contribution in [0.1, 0.15) is 46.0 Å². The quantitative estimate of drug-likeness (QED) is 0.660. The molecule has 13 heavy (non-hydrogen) atoms. The van der Waals surface area contributed by atoms with E-state index < -0.39 is 0 Å². The van der Waals surface area contributed by atoms with Crippen LogP contribution in [-0.2, 0) is 0 Å². The minimum atomic E-state index is 0.771. The molecular formula is C12H23N. The predicted octanol–water partition coefficient (Wildman–Crippen LogP) is 3.12. The minimum Gasteiger partial charge on any atom is -0.314 e. The van der Waals surface area contributed by atoms with Gasteiger partial charge in [-0.15, -0.1) is 0 Å². The molecule has 1 unspecified atom stereocenters. The van der Waals surface area contributed by atoms with Gasteiger partial charge in [0.15, 0.2) is 0 Å². The zero-order valence-corrected chi connectivity index (χ0v) is 9.05. The summed E-state index contributed by atoms with van der Waals surface area (Å²) < 4.78 is 0. The van der Waals surface area contributed by atoms with Gasteiger partial charge in [0.2, 0.25) is 0 Å². The third-order valence-electron chi connectivity index (χ3n) is 2.59. The van der Waals surface area contributed by atoms with E-state index in [1.165, 1.54) is 38.6 Å². The summed E-state index contributed by atoms with van der Waals surface area (Å²) in [6, 6.07) is 0.771. The summed E-state index contributed by atoms with van der Waals surface area (Å²) >= 11 is 0. The zero-order valence-electron chi connectivity index (χ0n) is 9.05. The summed E-state index contributed by atoms with van der Waals surface area (Å²) in [7, 11) is 0. The summed E-state index contributed by atoms with van der Waals surface area (Å²) in [4.78, 5) is 0. The Kier molecular flexibility index (Phi) is 5.14. The largest absolute Gasteiger partial charge is 0.314 e. The van der Waals surface area contributed by atoms with Crippen molar-refractivity contribution in [3.05, 3.63) is 12.2 Å². The Labute approximate surface area is 82.6 Å². The van der Waals surface area contributed by atoms with Gasteiger partial charge in [0, 0.05) is 6.04 Å². The maximum Gasteiger partial charge on any atom is 0.00702 e. The van der Waals surface area contributed by atoms with Crippen molar-refractivity contribution in [2.24, 2.45) is 5.92 Å². The highest BCUT2D eigenvalue weighted by atomic mass is 14.9. The first-order valence-electron chi connectivity index (χ1n) is 5.67. The van der Waals surface area contributed by atoms with E-state index in [4.69, 9.17) is 0 Å². The lowest BCUT2D eigenvalue weighted by molar-refractivity contribution is 0.411. The molecule has 0 saturated heterocycles. The summed E-state index contributed by atoms with van der Waals surface area (Å²) in [6.45, 7) is 5.72. The SMILES string of the molecule is CC(C)CNC1CC/C=C\CCC1. The van der Waals surface area contributed by atoms with Crippen molar-refractivity contribution in [1.82, 2.24) is 5.32 Å². The van der Waals surface area contributed by atoms with Gasteiger partial charge in [-0.05, 0) is 44.6 Å². The maximum atomic E-state index is 3.65. The monoisotopic (exact) mass is 181 g/mol. The molecule has 1 rings (SSSR count). The van der Waals surface area contributed by atoms with Crippen LogP contribution >= 0.6 is 0 Å². The summed E-state index contributed by atoms with van der Waals surface area (Å²) in [5, 5.41) is 3.65. The highest BCUT2D eigenvalue weighted by Gasteiger charge is 2.08. The molecule has 1 heteroatoms. The molecule has 0 fully saturated rings. The molecule has 1 atom stereocenters. The molecule has 0 aromatic heterocycles. The van der Waals surface area contributed by atoms with Crippen LogP contribution in [0.15, 0.2) is 12.2 Å². The summed E-state index contributed by atoms with van der Waals surface area (Å²) in [6.07, 6.45) is 11.2. The van der Waals surface area contributed by atoms with Crippen molar-refractivity contribution in [3.8, 4) is 0 Å². The Morgan fingerprint density at radius 3 is 2.77 bits per heavy atom. The van der Waals surface area contributed by atoms with E-state index in [9.17, 15) is 0 Å². The van der Waals surface area contributed by atoms with Gasteiger partial charge < -0.3 is 5.32 Å². The standard InChI is InChI=1S/C12H23N/c1-11(2)10-13-12-8-6-4-3-5-7-9-12/h3-4,11-13H,5-10H2,1-2H3/b4-3-. The minimum absolute atomic E-state index is 0.771. The molecule has 0 aromatic carbocycles. The van der Waals surface area contributed by atoms with Crippen LogP contribution in [0.2, 0.25) is 0 Å². The van der Waals surface area contributed by atoms with Gasteiger partial charge in [-0.25, -0.2) is 0 Å². The normalized spacial score (nSPS) is 26.8. The van der Waals surface area contributed by atoms with Crippen molar-refractivity contribution in [1.29, 1.82) is 0 Å². The molecular weight excluding hydrogens is 158 g/mol. The average molecular weight is 181 g/mol. The van der Waals surface area contributed by atoms with E-state index in [1.54, 1.807) is 0 Å². The third kappa shape index (κ3) is 5.09. The van der Waals surface area contributed by atoms with Crippen LogP contribution in [0.5, 0.6) is 0 Å². The van der Waals surface area contributed by atoms with Crippen LogP contribution in [0, 0.1) is 5.92 Å². The van der Waals surface area contributed by atoms with Crippen molar-refractivity contribution in [2.45, 2.75) is 52.0 Å². The average Bonchev–Trinajstić information content (AvgIpc) is 2.01. The van der Waals surface area contributed by atoms with Gasteiger partial charge in [-0.3, -0.25) is 0 Å². The van der Waals surface area contributed by atoms with Crippen molar-refractivity contribution in [3.63, 3.8) is 0 Å². The van der Waals surface area contributed by atoms with E-state index in [1.807, 2.05) is 0 Å². The maximum absolute atomic E-state index is 3.65. The topological polar surface area (TPSA) is 12.0 Å². The molecule has 1 aliphatic rings. The number of rotatable bonds is 3. The van der Waals surface area contributed by atoms with Crippen LogP contribution in [-0.4, -0.2) is 12.6 Å². The van der Waals surface area contributed by atoms with E-state index in [0.717, 1.165) is 12.0 Å². The van der Waals surface area contributed by atoms with Crippen molar-refractivity contribution >= 4 is 0 Å². The van der Waals surface area contributed by atoms with Gasteiger partial charge >= 0.3 is 0 Å². The first kappa shape index (κ1) is 10.8. The lowest BCUT2D eigenvalue weighted by Gasteiger charge is -2.20. The fourth-order valence-corrected chi connectivity index (χ4v) is 1.77. The fraction of sp³-hybridized carbons (Fsp3) is 0.833. The van der Waals surface area contributed by atoms with Crippen molar-refractivity contribution in [2.75, 3.05) is 6.54 Å². The Hall–Kier alpha value is -0.300. The summed E-state index contributed by atoms with van der Waals surface area (Å²) in [5.41, 5.74) is 0. The van der Waals surface area contributed by atoms with E-state index in [0.29, 0.717) is 0 Å². The van der Waals surface area contributed by atoms with Gasteiger partial charge in [0.1, 0.15) is 0 Å². The first-order valence-corrected chi connectivity index (χ1v) is 5.67. The predicted molar refractivity (Wildman–Crippen MR) is 58.9 cm³/mol. The Balaban J connectivity index is 2.19. The molecule has 0 aliphatic heterocycles. The Morgan fingerprint density at radius 2 is 2.00 bits per heavy atom. The van der Waals surface area contributed by atoms with Crippen LogP contribution in [0.25, 0.3) is 0 Å².